The summed E-state index contributed by atoms with van der Waals surface area (Å²) in [5.74, 6) is 0.869. The van der Waals surface area contributed by atoms with Gasteiger partial charge in [-0.3, -0.25) is 4.90 Å². The van der Waals surface area contributed by atoms with E-state index in [4.69, 9.17) is 0 Å². The van der Waals surface area contributed by atoms with Crippen LogP contribution in [0.2, 0.25) is 0 Å². The molecule has 18 heavy (non-hydrogen) atoms. The molecule has 2 heteroatoms. The molecule has 2 fully saturated rings. The average molecular weight is 252 g/mol. The fraction of sp³-hybridized carbons (Fsp3) is 1.00. The van der Waals surface area contributed by atoms with Crippen LogP contribution in [-0.4, -0.2) is 36.1 Å². The zero-order valence-electron chi connectivity index (χ0n) is 12.6. The number of nitrogens with zero attached hydrogens (tertiary/aromatic N) is 1. The number of hydrogen-bond donors (Lipinski definition) is 1. The maximum absolute atomic E-state index is 3.76. The van der Waals surface area contributed by atoms with Gasteiger partial charge in [-0.15, -0.1) is 0 Å². The van der Waals surface area contributed by atoms with Crippen LogP contribution >= 0.6 is 0 Å². The molecule has 3 atom stereocenters. The van der Waals surface area contributed by atoms with Gasteiger partial charge in [-0.05, 0) is 44.6 Å². The van der Waals surface area contributed by atoms with E-state index in [2.05, 4.69) is 31.0 Å². The molecule has 0 aromatic heterocycles. The van der Waals surface area contributed by atoms with Gasteiger partial charge < -0.3 is 5.32 Å². The SMILES string of the molecule is CCCNC1CC2CCCC(C1)N2CC(C)CC. The fourth-order valence-electron chi connectivity index (χ4n) is 3.78. The van der Waals surface area contributed by atoms with Gasteiger partial charge in [0.2, 0.25) is 0 Å². The van der Waals surface area contributed by atoms with Crippen LogP contribution in [-0.2, 0) is 0 Å². The quantitative estimate of drug-likeness (QED) is 0.779. The first-order valence-electron chi connectivity index (χ1n) is 8.23. The molecule has 2 aliphatic rings. The Bertz CT molecular complexity index is 227. The lowest BCUT2D eigenvalue weighted by Gasteiger charge is -2.50. The van der Waals surface area contributed by atoms with Crippen LogP contribution in [0.4, 0.5) is 0 Å². The summed E-state index contributed by atoms with van der Waals surface area (Å²) in [7, 11) is 0. The number of rotatable bonds is 6. The predicted molar refractivity (Wildman–Crippen MR) is 78.9 cm³/mol. The molecule has 106 valence electrons. The van der Waals surface area contributed by atoms with Gasteiger partial charge in [-0.25, -0.2) is 0 Å². The van der Waals surface area contributed by atoms with Gasteiger partial charge in [0.25, 0.3) is 0 Å². The van der Waals surface area contributed by atoms with Crippen molar-refractivity contribution in [3.05, 3.63) is 0 Å². The second-order valence-electron chi connectivity index (χ2n) is 6.57. The summed E-state index contributed by atoms with van der Waals surface area (Å²) in [4.78, 5) is 2.86. The average Bonchev–Trinajstić information content (AvgIpc) is 2.36. The molecule has 2 heterocycles. The first-order valence-corrected chi connectivity index (χ1v) is 8.23. The molecule has 0 spiro atoms. The fourth-order valence-corrected chi connectivity index (χ4v) is 3.78. The molecule has 2 saturated heterocycles. The summed E-state index contributed by atoms with van der Waals surface area (Å²) >= 11 is 0. The van der Waals surface area contributed by atoms with Gasteiger partial charge in [0.05, 0.1) is 0 Å². The van der Waals surface area contributed by atoms with Crippen molar-refractivity contribution in [3.63, 3.8) is 0 Å². The summed E-state index contributed by atoms with van der Waals surface area (Å²) in [6.45, 7) is 9.56. The highest BCUT2D eigenvalue weighted by Gasteiger charge is 2.37. The molecule has 0 saturated carbocycles. The predicted octanol–water partition coefficient (Wildman–Crippen LogP) is 3.42. The molecule has 0 amide bonds. The van der Waals surface area contributed by atoms with Gasteiger partial charge >= 0.3 is 0 Å². The second-order valence-corrected chi connectivity index (χ2v) is 6.57. The van der Waals surface area contributed by atoms with Crippen molar-refractivity contribution in [2.45, 2.75) is 83.8 Å². The Morgan fingerprint density at radius 3 is 2.39 bits per heavy atom. The first-order chi connectivity index (χ1) is 8.74. The molecular weight excluding hydrogens is 220 g/mol. The zero-order chi connectivity index (χ0) is 13.0. The van der Waals surface area contributed by atoms with E-state index in [-0.39, 0.29) is 0 Å². The van der Waals surface area contributed by atoms with Crippen molar-refractivity contribution in [1.29, 1.82) is 0 Å². The van der Waals surface area contributed by atoms with E-state index in [9.17, 15) is 0 Å². The number of hydrogen-bond acceptors (Lipinski definition) is 2. The summed E-state index contributed by atoms with van der Waals surface area (Å²) < 4.78 is 0. The van der Waals surface area contributed by atoms with Crippen LogP contribution in [0.15, 0.2) is 0 Å². The van der Waals surface area contributed by atoms with Gasteiger partial charge in [-0.1, -0.05) is 33.6 Å². The smallest absolute Gasteiger partial charge is 0.0113 e. The molecule has 0 aromatic rings. The van der Waals surface area contributed by atoms with Crippen molar-refractivity contribution in [2.24, 2.45) is 5.92 Å². The molecular formula is C16H32N2. The van der Waals surface area contributed by atoms with Gasteiger partial charge in [0.1, 0.15) is 0 Å². The molecule has 0 aliphatic carbocycles. The van der Waals surface area contributed by atoms with Gasteiger partial charge in [0, 0.05) is 24.7 Å². The lowest BCUT2D eigenvalue weighted by atomic mass is 9.81. The normalized spacial score (nSPS) is 34.5. The zero-order valence-corrected chi connectivity index (χ0v) is 12.6. The second kappa shape index (κ2) is 6.91. The van der Waals surface area contributed by atoms with Crippen molar-refractivity contribution in [1.82, 2.24) is 10.2 Å². The standard InChI is InChI=1S/C16H32N2/c1-4-9-17-14-10-15-7-6-8-16(11-14)18(15)12-13(3)5-2/h13-17H,4-12H2,1-3H3. The molecule has 0 radical (unpaired) electrons. The highest BCUT2D eigenvalue weighted by atomic mass is 15.2. The molecule has 0 aromatic carbocycles. The number of fused-ring (bicyclic) bond motifs is 2. The van der Waals surface area contributed by atoms with Crippen molar-refractivity contribution in [2.75, 3.05) is 13.1 Å². The molecule has 2 bridgehead atoms. The van der Waals surface area contributed by atoms with E-state index >= 15 is 0 Å². The van der Waals surface area contributed by atoms with Crippen LogP contribution in [0.3, 0.4) is 0 Å². The summed E-state index contributed by atoms with van der Waals surface area (Å²) in [6.07, 6.45) is 9.73. The van der Waals surface area contributed by atoms with Crippen LogP contribution in [0, 0.1) is 5.92 Å². The molecule has 2 nitrogen and oxygen atoms in total. The minimum Gasteiger partial charge on any atom is -0.314 e. The first kappa shape index (κ1) is 14.3. The van der Waals surface area contributed by atoms with E-state index in [1.165, 1.54) is 58.0 Å². The maximum Gasteiger partial charge on any atom is 0.0113 e. The molecule has 2 rings (SSSR count). The Hall–Kier alpha value is -0.0800. The number of nitrogens with one attached hydrogen (secondary N) is 1. The lowest BCUT2D eigenvalue weighted by Crippen LogP contribution is -2.57. The van der Waals surface area contributed by atoms with Crippen molar-refractivity contribution >= 4 is 0 Å². The highest BCUT2D eigenvalue weighted by molar-refractivity contribution is 4.95. The Morgan fingerprint density at radius 2 is 1.83 bits per heavy atom. The summed E-state index contributed by atoms with van der Waals surface area (Å²) in [6, 6.07) is 2.55. The Balaban J connectivity index is 1.90. The van der Waals surface area contributed by atoms with Crippen LogP contribution in [0.1, 0.15) is 65.7 Å². The highest BCUT2D eigenvalue weighted by Crippen LogP contribution is 2.34. The van der Waals surface area contributed by atoms with Crippen molar-refractivity contribution < 1.29 is 0 Å². The lowest BCUT2D eigenvalue weighted by molar-refractivity contribution is 0.0137. The Kier molecular flexibility index (Phi) is 5.50. The molecule has 1 N–H and O–H groups in total. The third-order valence-electron chi connectivity index (χ3n) is 5.03. The van der Waals surface area contributed by atoms with E-state index in [1.54, 1.807) is 0 Å². The summed E-state index contributed by atoms with van der Waals surface area (Å²) in [5.41, 5.74) is 0. The van der Waals surface area contributed by atoms with Gasteiger partial charge in [0.15, 0.2) is 0 Å². The third-order valence-corrected chi connectivity index (χ3v) is 5.03. The van der Waals surface area contributed by atoms with Crippen LogP contribution in [0.25, 0.3) is 0 Å². The summed E-state index contributed by atoms with van der Waals surface area (Å²) in [5, 5.41) is 3.76. The number of piperidine rings is 2. The van der Waals surface area contributed by atoms with E-state index in [1.807, 2.05) is 0 Å². The van der Waals surface area contributed by atoms with E-state index in [0.29, 0.717) is 0 Å². The minimum absolute atomic E-state index is 0.799. The van der Waals surface area contributed by atoms with E-state index < -0.39 is 0 Å². The maximum atomic E-state index is 3.76. The largest absolute Gasteiger partial charge is 0.314 e. The van der Waals surface area contributed by atoms with Crippen LogP contribution < -0.4 is 5.32 Å². The Morgan fingerprint density at radius 1 is 1.17 bits per heavy atom. The Labute approximate surface area is 114 Å². The molecule has 3 unspecified atom stereocenters. The minimum atomic E-state index is 0.799. The van der Waals surface area contributed by atoms with Crippen LogP contribution in [0.5, 0.6) is 0 Å². The van der Waals surface area contributed by atoms with Crippen molar-refractivity contribution in [3.8, 4) is 0 Å². The molecule has 2 aliphatic heterocycles. The monoisotopic (exact) mass is 252 g/mol. The van der Waals surface area contributed by atoms with Gasteiger partial charge in [-0.2, -0.15) is 0 Å². The topological polar surface area (TPSA) is 15.3 Å². The van der Waals surface area contributed by atoms with E-state index in [0.717, 1.165) is 24.0 Å². The third kappa shape index (κ3) is 3.48.